The third-order valence-corrected chi connectivity index (χ3v) is 2.96. The van der Waals surface area contributed by atoms with Gasteiger partial charge in [0.1, 0.15) is 5.52 Å². The molecule has 0 spiro atoms. The molecule has 21 heavy (non-hydrogen) atoms. The van der Waals surface area contributed by atoms with Crippen molar-refractivity contribution in [3.8, 4) is 0 Å². The van der Waals surface area contributed by atoms with Gasteiger partial charge >= 0.3 is 0 Å². The van der Waals surface area contributed by atoms with E-state index in [1.165, 1.54) is 6.07 Å². The molecular weight excluding hydrogens is 274 g/mol. The summed E-state index contributed by atoms with van der Waals surface area (Å²) in [5, 5.41) is 23.3. The summed E-state index contributed by atoms with van der Waals surface area (Å²) in [7, 11) is 0. The van der Waals surface area contributed by atoms with Gasteiger partial charge in [-0.3, -0.25) is 15.1 Å². The van der Waals surface area contributed by atoms with Gasteiger partial charge in [-0.05, 0) is 24.6 Å². The van der Waals surface area contributed by atoms with E-state index in [1.54, 1.807) is 24.4 Å². The zero-order valence-corrected chi connectivity index (χ0v) is 11.5. The van der Waals surface area contributed by atoms with Gasteiger partial charge in [0.2, 0.25) is 0 Å². The number of aliphatic hydroxyl groups excluding tert-OH is 1. The van der Waals surface area contributed by atoms with Crippen molar-refractivity contribution in [3.63, 3.8) is 0 Å². The van der Waals surface area contributed by atoms with E-state index < -0.39 is 4.92 Å². The summed E-state index contributed by atoms with van der Waals surface area (Å²) in [5.41, 5.74) is 1.40. The third-order valence-electron chi connectivity index (χ3n) is 2.96. The number of nitro groups is 1. The third kappa shape index (κ3) is 3.87. The van der Waals surface area contributed by atoms with E-state index in [0.717, 1.165) is 12.1 Å². The number of rotatable bonds is 8. The number of aromatic nitrogens is 1. The number of hydrogen-bond acceptors (Lipinski definition) is 6. The number of aliphatic hydroxyl groups is 1. The van der Waals surface area contributed by atoms with Crippen molar-refractivity contribution in [1.29, 1.82) is 0 Å². The molecule has 2 N–H and O–H groups in total. The molecule has 0 bridgehead atoms. The summed E-state index contributed by atoms with van der Waals surface area (Å²) in [6.07, 6.45) is 2.38. The van der Waals surface area contributed by atoms with Gasteiger partial charge in [-0.15, -0.1) is 0 Å². The number of benzene rings is 1. The first-order valence-corrected chi connectivity index (χ1v) is 6.68. The minimum Gasteiger partial charge on any atom is -0.394 e. The number of hydrogen-bond donors (Lipinski definition) is 2. The van der Waals surface area contributed by atoms with Crippen LogP contribution in [0.2, 0.25) is 0 Å². The molecule has 0 unspecified atom stereocenters. The highest BCUT2D eigenvalue weighted by Gasteiger charge is 2.14. The molecule has 2 rings (SSSR count). The second kappa shape index (κ2) is 7.51. The molecule has 112 valence electrons. The molecule has 0 aliphatic heterocycles. The Balaban J connectivity index is 2.07. The summed E-state index contributed by atoms with van der Waals surface area (Å²) < 4.78 is 5.16. The van der Waals surface area contributed by atoms with Gasteiger partial charge in [0.05, 0.1) is 29.2 Å². The molecular formula is C14H17N3O4. The molecule has 0 aliphatic carbocycles. The fraction of sp³-hybridized carbons (Fsp3) is 0.357. The van der Waals surface area contributed by atoms with Crippen molar-refractivity contribution in [2.45, 2.75) is 6.42 Å². The summed E-state index contributed by atoms with van der Waals surface area (Å²) in [4.78, 5) is 14.8. The van der Waals surface area contributed by atoms with Crippen LogP contribution in [0.4, 0.5) is 11.4 Å². The fourth-order valence-corrected chi connectivity index (χ4v) is 2.02. The first-order valence-electron chi connectivity index (χ1n) is 6.68. The molecule has 7 heteroatoms. The van der Waals surface area contributed by atoms with Crippen molar-refractivity contribution in [1.82, 2.24) is 4.98 Å². The predicted molar refractivity (Wildman–Crippen MR) is 79.4 cm³/mol. The smallest absolute Gasteiger partial charge is 0.278 e. The number of nitrogens with one attached hydrogen (secondary N) is 1. The van der Waals surface area contributed by atoms with Crippen LogP contribution in [0.1, 0.15) is 6.42 Å². The average molecular weight is 291 g/mol. The Morgan fingerprint density at radius 1 is 1.33 bits per heavy atom. The molecule has 0 aliphatic rings. The highest BCUT2D eigenvalue weighted by atomic mass is 16.6. The van der Waals surface area contributed by atoms with Gasteiger partial charge in [0.15, 0.2) is 0 Å². The molecule has 0 amide bonds. The lowest BCUT2D eigenvalue weighted by atomic mass is 10.1. The molecule has 1 aromatic heterocycles. The number of ether oxygens (including phenoxy) is 1. The molecule has 7 nitrogen and oxygen atoms in total. The quantitative estimate of drug-likeness (QED) is 0.438. The van der Waals surface area contributed by atoms with E-state index in [-0.39, 0.29) is 12.3 Å². The molecule has 0 radical (unpaired) electrons. The fourth-order valence-electron chi connectivity index (χ4n) is 2.02. The maximum atomic E-state index is 11.0. The van der Waals surface area contributed by atoms with Crippen LogP contribution in [0.5, 0.6) is 0 Å². The van der Waals surface area contributed by atoms with Crippen molar-refractivity contribution in [2.75, 3.05) is 31.7 Å². The van der Waals surface area contributed by atoms with Crippen LogP contribution in [-0.2, 0) is 4.74 Å². The Kier molecular flexibility index (Phi) is 5.42. The largest absolute Gasteiger partial charge is 0.394 e. The van der Waals surface area contributed by atoms with Crippen molar-refractivity contribution in [2.24, 2.45) is 0 Å². The van der Waals surface area contributed by atoms with Crippen LogP contribution >= 0.6 is 0 Å². The van der Waals surface area contributed by atoms with E-state index in [1.807, 2.05) is 0 Å². The number of nitro benzene ring substituents is 1. The highest BCUT2D eigenvalue weighted by Crippen LogP contribution is 2.29. The lowest BCUT2D eigenvalue weighted by Crippen LogP contribution is -2.08. The van der Waals surface area contributed by atoms with Gasteiger partial charge in [0, 0.05) is 25.4 Å². The Morgan fingerprint density at radius 2 is 2.19 bits per heavy atom. The summed E-state index contributed by atoms with van der Waals surface area (Å²) in [6.45, 7) is 1.56. The van der Waals surface area contributed by atoms with Crippen molar-refractivity contribution >= 4 is 22.3 Å². The van der Waals surface area contributed by atoms with Crippen LogP contribution in [0.15, 0.2) is 30.5 Å². The van der Waals surface area contributed by atoms with Crippen LogP contribution in [0.3, 0.4) is 0 Å². The monoisotopic (exact) mass is 291 g/mol. The zero-order valence-electron chi connectivity index (χ0n) is 11.5. The van der Waals surface area contributed by atoms with Gasteiger partial charge in [-0.25, -0.2) is 0 Å². The number of fused-ring (bicyclic) bond motifs is 1. The standard InChI is InChI=1S/C14H17N3O4/c18-8-10-21-9-2-7-15-12-4-5-13(17(19)20)11-3-1-6-16-14(11)12/h1,3-6,15,18H,2,7-10H2. The van der Waals surface area contributed by atoms with Crippen LogP contribution < -0.4 is 5.32 Å². The first kappa shape index (κ1) is 15.1. The van der Waals surface area contributed by atoms with Gasteiger partial charge in [-0.2, -0.15) is 0 Å². The summed E-state index contributed by atoms with van der Waals surface area (Å²) >= 11 is 0. The molecule has 0 saturated carbocycles. The van der Waals surface area contributed by atoms with Crippen LogP contribution in [0, 0.1) is 10.1 Å². The SMILES string of the molecule is O=[N+]([O-])c1ccc(NCCCOCCO)c2ncccc12. The molecule has 1 aromatic carbocycles. The number of non-ortho nitro benzene ring substituents is 1. The van der Waals surface area contributed by atoms with Gasteiger partial charge in [-0.1, -0.05) is 0 Å². The maximum absolute atomic E-state index is 11.0. The Labute approximate surface area is 121 Å². The number of anilines is 1. The minimum atomic E-state index is -0.406. The Bertz CT molecular complexity index is 618. The van der Waals surface area contributed by atoms with Crippen LogP contribution in [-0.4, -0.2) is 41.4 Å². The predicted octanol–water partition coefficient (Wildman–Crippen LogP) is 1.95. The van der Waals surface area contributed by atoms with E-state index in [4.69, 9.17) is 9.84 Å². The zero-order chi connectivity index (χ0) is 15.1. The maximum Gasteiger partial charge on any atom is 0.278 e. The van der Waals surface area contributed by atoms with Crippen molar-refractivity contribution < 1.29 is 14.8 Å². The topological polar surface area (TPSA) is 97.5 Å². The molecule has 0 saturated heterocycles. The number of pyridine rings is 1. The lowest BCUT2D eigenvalue weighted by Gasteiger charge is -2.09. The average Bonchev–Trinajstić information content (AvgIpc) is 2.50. The second-order valence-corrected chi connectivity index (χ2v) is 4.41. The lowest BCUT2D eigenvalue weighted by molar-refractivity contribution is -0.383. The molecule has 1 heterocycles. The minimum absolute atomic E-state index is 0.0182. The first-order chi connectivity index (χ1) is 10.2. The highest BCUT2D eigenvalue weighted by molar-refractivity contribution is 5.96. The molecule has 2 aromatic rings. The van der Waals surface area contributed by atoms with E-state index in [9.17, 15) is 10.1 Å². The van der Waals surface area contributed by atoms with Gasteiger partial charge < -0.3 is 15.2 Å². The summed E-state index contributed by atoms with van der Waals surface area (Å²) in [5.74, 6) is 0. The second-order valence-electron chi connectivity index (χ2n) is 4.41. The van der Waals surface area contributed by atoms with Gasteiger partial charge in [0.25, 0.3) is 5.69 Å². The van der Waals surface area contributed by atoms with E-state index in [0.29, 0.717) is 30.7 Å². The normalized spacial score (nSPS) is 10.7. The molecule has 0 atom stereocenters. The van der Waals surface area contributed by atoms with E-state index >= 15 is 0 Å². The number of nitrogens with zero attached hydrogens (tertiary/aromatic N) is 2. The van der Waals surface area contributed by atoms with E-state index in [2.05, 4.69) is 10.3 Å². The van der Waals surface area contributed by atoms with Crippen molar-refractivity contribution in [3.05, 3.63) is 40.6 Å². The Morgan fingerprint density at radius 3 is 2.95 bits per heavy atom. The Hall–Kier alpha value is -2.25. The molecule has 0 fully saturated rings. The summed E-state index contributed by atoms with van der Waals surface area (Å²) in [6, 6.07) is 6.52. The van der Waals surface area contributed by atoms with Crippen LogP contribution in [0.25, 0.3) is 10.9 Å².